The summed E-state index contributed by atoms with van der Waals surface area (Å²) >= 11 is 0. The van der Waals surface area contributed by atoms with Crippen molar-refractivity contribution in [1.82, 2.24) is 4.90 Å². The molecule has 2 saturated heterocycles. The minimum atomic E-state index is -0.276. The first kappa shape index (κ1) is 19.7. The zero-order chi connectivity index (χ0) is 21.7. The number of hydrogen-bond donors (Lipinski definition) is 0. The number of fused-ring (bicyclic) bond motifs is 4. The molecule has 1 aromatic heterocycles. The molecule has 3 unspecified atom stereocenters. The topological polar surface area (TPSA) is 49.0 Å². The highest BCUT2D eigenvalue weighted by Crippen LogP contribution is 2.31. The number of piperazine rings is 1. The maximum Gasteiger partial charge on any atom is 0.344 e. The first-order chi connectivity index (χ1) is 15.7. The molecule has 0 N–H and O–H groups in total. The van der Waals surface area contributed by atoms with Crippen molar-refractivity contribution in [2.24, 2.45) is 16.8 Å². The first-order valence-corrected chi connectivity index (χ1v) is 11.9. The van der Waals surface area contributed by atoms with E-state index in [1.165, 1.54) is 19.4 Å². The lowest BCUT2D eigenvalue weighted by atomic mass is 9.83. The summed E-state index contributed by atoms with van der Waals surface area (Å²) in [6.07, 6.45) is 13.8. The summed E-state index contributed by atoms with van der Waals surface area (Å²) in [5.74, 6) is 0.810. The van der Waals surface area contributed by atoms with Crippen molar-refractivity contribution in [1.29, 1.82) is 0 Å². The largest absolute Gasteiger partial charge is 0.422 e. The van der Waals surface area contributed by atoms with E-state index in [4.69, 9.17) is 4.42 Å². The Labute approximate surface area is 188 Å². The molecule has 32 heavy (non-hydrogen) atoms. The Kier molecular flexibility index (Phi) is 4.87. The zero-order valence-corrected chi connectivity index (χ0v) is 18.5. The van der Waals surface area contributed by atoms with Crippen LogP contribution in [-0.2, 0) is 0 Å². The van der Waals surface area contributed by atoms with Gasteiger partial charge in [0.25, 0.3) is 0 Å². The van der Waals surface area contributed by atoms with Gasteiger partial charge < -0.3 is 9.32 Å². The summed E-state index contributed by atoms with van der Waals surface area (Å²) in [6.45, 7) is 6.65. The number of benzene rings is 1. The molecule has 0 spiro atoms. The molecule has 5 heteroatoms. The van der Waals surface area contributed by atoms with Crippen LogP contribution in [0.3, 0.4) is 0 Å². The van der Waals surface area contributed by atoms with Crippen molar-refractivity contribution >= 4 is 27.9 Å². The zero-order valence-electron chi connectivity index (χ0n) is 18.5. The Hall–Kier alpha value is -2.92. The van der Waals surface area contributed by atoms with Crippen molar-refractivity contribution in [3.05, 3.63) is 70.8 Å². The molecular formula is C27H29N3O2. The number of anilines is 1. The van der Waals surface area contributed by atoms with Crippen LogP contribution in [0.2, 0.25) is 0 Å². The number of aliphatic imine (C=N–C) groups is 1. The van der Waals surface area contributed by atoms with E-state index < -0.39 is 0 Å². The van der Waals surface area contributed by atoms with Crippen LogP contribution < -0.4 is 10.5 Å². The minimum Gasteiger partial charge on any atom is -0.422 e. The Bertz CT molecular complexity index is 1240. The van der Waals surface area contributed by atoms with E-state index in [1.807, 2.05) is 30.5 Å². The maximum absolute atomic E-state index is 13.0. The molecule has 2 fully saturated rings. The average molecular weight is 428 g/mol. The van der Waals surface area contributed by atoms with E-state index in [1.54, 1.807) is 0 Å². The van der Waals surface area contributed by atoms with Crippen molar-refractivity contribution in [2.75, 3.05) is 31.1 Å². The van der Waals surface area contributed by atoms with Gasteiger partial charge in [-0.1, -0.05) is 25.2 Å². The van der Waals surface area contributed by atoms with Crippen LogP contribution in [0.4, 0.5) is 5.69 Å². The predicted octanol–water partition coefficient (Wildman–Crippen LogP) is 4.64. The van der Waals surface area contributed by atoms with Crippen LogP contribution >= 0.6 is 0 Å². The van der Waals surface area contributed by atoms with Gasteiger partial charge in [-0.3, -0.25) is 9.89 Å². The lowest BCUT2D eigenvalue weighted by molar-refractivity contribution is 0.231. The molecule has 1 aromatic carbocycles. The van der Waals surface area contributed by atoms with E-state index in [0.717, 1.165) is 48.4 Å². The molecule has 5 nitrogen and oxygen atoms in total. The first-order valence-electron chi connectivity index (χ1n) is 11.9. The monoisotopic (exact) mass is 427 g/mol. The van der Waals surface area contributed by atoms with Crippen molar-refractivity contribution in [3.63, 3.8) is 0 Å². The number of rotatable bonds is 2. The highest BCUT2D eigenvalue weighted by molar-refractivity contribution is 6.00. The normalized spacial score (nSPS) is 27.7. The van der Waals surface area contributed by atoms with Gasteiger partial charge in [0, 0.05) is 60.6 Å². The molecule has 0 amide bonds. The fraction of sp³-hybridized carbons (Fsp3) is 0.407. The SMILES string of the molecule is CC1C2=NC=CC1CC=C(c1cc3ccc(N4CCN5CCCC5C4)cc3oc1=O)C=C2. The Morgan fingerprint density at radius 1 is 1.12 bits per heavy atom. The van der Waals surface area contributed by atoms with E-state index in [-0.39, 0.29) is 5.63 Å². The van der Waals surface area contributed by atoms with Crippen LogP contribution in [0.5, 0.6) is 0 Å². The summed E-state index contributed by atoms with van der Waals surface area (Å²) < 4.78 is 5.84. The van der Waals surface area contributed by atoms with Gasteiger partial charge in [0.15, 0.2) is 0 Å². The fourth-order valence-corrected chi connectivity index (χ4v) is 5.65. The third-order valence-corrected chi connectivity index (χ3v) is 7.69. The predicted molar refractivity (Wildman–Crippen MR) is 130 cm³/mol. The highest BCUT2D eigenvalue weighted by Gasteiger charge is 2.30. The Morgan fingerprint density at radius 2 is 2.06 bits per heavy atom. The number of hydrogen-bond acceptors (Lipinski definition) is 5. The molecule has 3 aliphatic heterocycles. The minimum absolute atomic E-state index is 0.276. The Morgan fingerprint density at radius 3 is 3.00 bits per heavy atom. The van der Waals surface area contributed by atoms with Crippen LogP contribution in [0.1, 0.15) is 31.7 Å². The van der Waals surface area contributed by atoms with E-state index in [2.05, 4.69) is 46.0 Å². The van der Waals surface area contributed by atoms with Crippen molar-refractivity contribution in [2.45, 2.75) is 32.2 Å². The molecule has 2 bridgehead atoms. The van der Waals surface area contributed by atoms with E-state index in [9.17, 15) is 4.79 Å². The molecular weight excluding hydrogens is 398 g/mol. The van der Waals surface area contributed by atoms with Gasteiger partial charge in [0.1, 0.15) is 5.58 Å². The standard InChI is InChI=1S/C27H29N3O2/c1-18-19-4-5-20(7-9-25(18)28-11-10-19)24-15-21-6-8-22(16-26(21)32-27(24)31)30-14-13-29-12-2-3-23(29)17-30/h5-11,15-16,18-19,23H,2-4,12-14,17H2,1H3. The van der Waals surface area contributed by atoms with E-state index >= 15 is 0 Å². The second-order valence-corrected chi connectivity index (χ2v) is 9.52. The summed E-state index contributed by atoms with van der Waals surface area (Å²) in [5.41, 5.74) is 4.15. The molecule has 3 atom stereocenters. The Balaban J connectivity index is 1.31. The van der Waals surface area contributed by atoms with Gasteiger partial charge in [0.05, 0.1) is 5.56 Å². The molecule has 6 rings (SSSR count). The van der Waals surface area contributed by atoms with Crippen molar-refractivity contribution in [3.8, 4) is 0 Å². The van der Waals surface area contributed by atoms with Crippen LogP contribution in [0, 0.1) is 11.8 Å². The van der Waals surface area contributed by atoms with Crippen LogP contribution in [-0.4, -0.2) is 42.8 Å². The molecule has 4 aliphatic rings. The van der Waals surface area contributed by atoms with Gasteiger partial charge >= 0.3 is 5.63 Å². The maximum atomic E-state index is 13.0. The lowest BCUT2D eigenvalue weighted by Gasteiger charge is -2.38. The van der Waals surface area contributed by atoms with Gasteiger partial charge in [-0.05, 0) is 61.6 Å². The number of allylic oxidation sites excluding steroid dienone is 5. The third-order valence-electron chi connectivity index (χ3n) is 7.69. The second kappa shape index (κ2) is 7.89. The van der Waals surface area contributed by atoms with Crippen LogP contribution in [0.25, 0.3) is 16.5 Å². The van der Waals surface area contributed by atoms with Gasteiger partial charge in [-0.25, -0.2) is 4.79 Å². The van der Waals surface area contributed by atoms with Gasteiger partial charge in [-0.2, -0.15) is 0 Å². The summed E-state index contributed by atoms with van der Waals surface area (Å²) in [6, 6.07) is 8.95. The quantitative estimate of drug-likeness (QED) is 0.655. The second-order valence-electron chi connectivity index (χ2n) is 9.52. The molecule has 0 radical (unpaired) electrons. The summed E-state index contributed by atoms with van der Waals surface area (Å²) in [5, 5.41) is 0.963. The highest BCUT2D eigenvalue weighted by atomic mass is 16.4. The smallest absolute Gasteiger partial charge is 0.344 e. The molecule has 1 aliphatic carbocycles. The van der Waals surface area contributed by atoms with E-state index in [0.29, 0.717) is 29.0 Å². The van der Waals surface area contributed by atoms with Crippen LogP contribution in [0.15, 0.2) is 69.0 Å². The lowest BCUT2D eigenvalue weighted by Crippen LogP contribution is -2.50. The molecule has 0 saturated carbocycles. The molecule has 2 aromatic rings. The van der Waals surface area contributed by atoms with Gasteiger partial charge in [0.2, 0.25) is 0 Å². The average Bonchev–Trinajstić information content (AvgIpc) is 3.28. The fourth-order valence-electron chi connectivity index (χ4n) is 5.65. The van der Waals surface area contributed by atoms with Gasteiger partial charge in [-0.15, -0.1) is 0 Å². The summed E-state index contributed by atoms with van der Waals surface area (Å²) in [4.78, 5) is 22.5. The molecule has 164 valence electrons. The summed E-state index contributed by atoms with van der Waals surface area (Å²) in [7, 11) is 0. The molecule has 4 heterocycles. The van der Waals surface area contributed by atoms with Crippen molar-refractivity contribution < 1.29 is 4.42 Å². The number of nitrogens with zero attached hydrogens (tertiary/aromatic N) is 3. The third kappa shape index (κ3) is 3.45.